The monoisotopic (exact) mass is 221 g/mol. The summed E-state index contributed by atoms with van der Waals surface area (Å²) in [7, 11) is 3.70. The third kappa shape index (κ3) is 3.91. The van der Waals surface area contributed by atoms with E-state index in [0.717, 1.165) is 0 Å². The van der Waals surface area contributed by atoms with Gasteiger partial charge in [-0.3, -0.25) is 0 Å². The number of anilines is 2. The van der Waals surface area contributed by atoms with Crippen LogP contribution in [0.4, 0.5) is 17.8 Å². The molecule has 0 bridgehead atoms. The van der Waals surface area contributed by atoms with Gasteiger partial charge in [0.1, 0.15) is 0 Å². The number of nitrogens with zero attached hydrogens (tertiary/aromatic N) is 5. The number of nitrogens with one attached hydrogen (secondary N) is 1. The number of nitrogens with two attached hydrogens (primary N) is 1. The van der Waals surface area contributed by atoms with Crippen LogP contribution >= 0.6 is 0 Å². The van der Waals surface area contributed by atoms with E-state index in [9.17, 15) is 0 Å². The third-order valence-electron chi connectivity index (χ3n) is 1.45. The summed E-state index contributed by atoms with van der Waals surface area (Å²) in [6.45, 7) is 4.13. The molecule has 7 nitrogen and oxygen atoms in total. The standard InChI is InChI=1S/C9H15N7/c1-4-5-11-8-13-7(10)14-9(15-8)12-6-16(2)3/h4,6H,1,5H2,2-3H3,(H3,10,11,13,14,15)/b12-6+. The van der Waals surface area contributed by atoms with Crippen molar-refractivity contribution in [2.45, 2.75) is 0 Å². The first kappa shape index (κ1) is 11.9. The molecule has 1 rings (SSSR count). The molecule has 0 spiro atoms. The summed E-state index contributed by atoms with van der Waals surface area (Å²) >= 11 is 0. The Bertz CT molecular complexity index is 385. The molecule has 0 aliphatic carbocycles. The summed E-state index contributed by atoms with van der Waals surface area (Å²) in [6.07, 6.45) is 3.29. The van der Waals surface area contributed by atoms with E-state index < -0.39 is 0 Å². The zero-order chi connectivity index (χ0) is 12.0. The first-order chi connectivity index (χ1) is 7.61. The topological polar surface area (TPSA) is 92.3 Å². The van der Waals surface area contributed by atoms with Gasteiger partial charge in [-0.25, -0.2) is 4.99 Å². The average molecular weight is 221 g/mol. The normalized spacial score (nSPS) is 10.4. The maximum Gasteiger partial charge on any atom is 0.257 e. The van der Waals surface area contributed by atoms with Crippen LogP contribution in [0.1, 0.15) is 0 Å². The highest BCUT2D eigenvalue weighted by molar-refractivity contribution is 5.58. The summed E-state index contributed by atoms with van der Waals surface area (Å²) in [5.74, 6) is 0.790. The van der Waals surface area contributed by atoms with Crippen LogP contribution in [0.2, 0.25) is 0 Å². The molecule has 86 valence electrons. The number of hydrogen-bond donors (Lipinski definition) is 2. The van der Waals surface area contributed by atoms with Crippen LogP contribution in [0.5, 0.6) is 0 Å². The molecule has 0 atom stereocenters. The molecular formula is C9H15N7. The molecule has 0 amide bonds. The number of rotatable bonds is 5. The van der Waals surface area contributed by atoms with E-state index in [4.69, 9.17) is 5.73 Å². The lowest BCUT2D eigenvalue weighted by Gasteiger charge is -2.04. The minimum Gasteiger partial charge on any atom is -0.369 e. The summed E-state index contributed by atoms with van der Waals surface area (Å²) in [5.41, 5.74) is 5.52. The minimum atomic E-state index is 0.132. The van der Waals surface area contributed by atoms with Gasteiger partial charge < -0.3 is 16.0 Å². The molecule has 1 aromatic heterocycles. The Morgan fingerprint density at radius 3 is 2.81 bits per heavy atom. The van der Waals surface area contributed by atoms with Gasteiger partial charge in [-0.05, 0) is 0 Å². The van der Waals surface area contributed by atoms with Gasteiger partial charge in [0.15, 0.2) is 0 Å². The minimum absolute atomic E-state index is 0.132. The fourth-order valence-electron chi connectivity index (χ4n) is 0.848. The van der Waals surface area contributed by atoms with Gasteiger partial charge in [-0.2, -0.15) is 15.0 Å². The van der Waals surface area contributed by atoms with E-state index in [0.29, 0.717) is 12.5 Å². The van der Waals surface area contributed by atoms with Crippen LogP contribution in [0.3, 0.4) is 0 Å². The van der Waals surface area contributed by atoms with Crippen molar-refractivity contribution in [3.05, 3.63) is 12.7 Å². The number of aromatic nitrogens is 3. The second kappa shape index (κ2) is 5.64. The van der Waals surface area contributed by atoms with Gasteiger partial charge in [-0.1, -0.05) is 6.08 Å². The Morgan fingerprint density at radius 1 is 1.44 bits per heavy atom. The van der Waals surface area contributed by atoms with Gasteiger partial charge in [0.25, 0.3) is 5.95 Å². The fraction of sp³-hybridized carbons (Fsp3) is 0.333. The van der Waals surface area contributed by atoms with Crippen molar-refractivity contribution in [3.8, 4) is 0 Å². The summed E-state index contributed by atoms with van der Waals surface area (Å²) in [5, 5.41) is 2.92. The van der Waals surface area contributed by atoms with E-state index in [2.05, 4.69) is 31.8 Å². The van der Waals surface area contributed by atoms with Crippen molar-refractivity contribution >= 4 is 24.2 Å². The molecule has 7 heteroatoms. The molecule has 3 N–H and O–H groups in total. The molecule has 0 saturated heterocycles. The van der Waals surface area contributed by atoms with Crippen LogP contribution < -0.4 is 11.1 Å². The molecule has 1 aromatic rings. The lowest BCUT2D eigenvalue weighted by molar-refractivity contribution is 0.642. The Hall–Kier alpha value is -2.18. The van der Waals surface area contributed by atoms with Crippen molar-refractivity contribution in [1.29, 1.82) is 0 Å². The fourth-order valence-corrected chi connectivity index (χ4v) is 0.848. The van der Waals surface area contributed by atoms with Crippen LogP contribution in [-0.4, -0.2) is 46.8 Å². The molecule has 16 heavy (non-hydrogen) atoms. The lowest BCUT2D eigenvalue weighted by Crippen LogP contribution is -2.09. The smallest absolute Gasteiger partial charge is 0.257 e. The van der Waals surface area contributed by atoms with Crippen LogP contribution in [0, 0.1) is 0 Å². The van der Waals surface area contributed by atoms with Crippen molar-refractivity contribution in [1.82, 2.24) is 19.9 Å². The predicted molar refractivity (Wildman–Crippen MR) is 64.8 cm³/mol. The first-order valence-corrected chi connectivity index (χ1v) is 4.68. The van der Waals surface area contributed by atoms with Gasteiger partial charge >= 0.3 is 0 Å². The maximum atomic E-state index is 5.52. The molecule has 0 aliphatic rings. The molecule has 0 radical (unpaired) electrons. The number of nitrogen functional groups attached to an aromatic ring is 1. The molecule has 0 fully saturated rings. The second-order valence-electron chi connectivity index (χ2n) is 3.19. The number of aliphatic imine (C=N–C) groups is 1. The number of hydrogen-bond acceptors (Lipinski definition) is 6. The quantitative estimate of drug-likeness (QED) is 0.421. The van der Waals surface area contributed by atoms with E-state index in [1.807, 2.05) is 14.1 Å². The average Bonchev–Trinajstić information content (AvgIpc) is 2.23. The molecular weight excluding hydrogens is 206 g/mol. The highest BCUT2D eigenvalue weighted by Crippen LogP contribution is 2.08. The lowest BCUT2D eigenvalue weighted by atomic mass is 10.6. The highest BCUT2D eigenvalue weighted by Gasteiger charge is 2.01. The van der Waals surface area contributed by atoms with Gasteiger partial charge in [0, 0.05) is 20.6 Å². The summed E-state index contributed by atoms with van der Waals surface area (Å²) in [4.78, 5) is 17.6. The zero-order valence-electron chi connectivity index (χ0n) is 9.38. The molecule has 1 heterocycles. The Balaban J connectivity index is 2.84. The highest BCUT2D eigenvalue weighted by atomic mass is 15.2. The maximum absolute atomic E-state index is 5.52. The van der Waals surface area contributed by atoms with E-state index in [1.54, 1.807) is 17.3 Å². The Labute approximate surface area is 94.1 Å². The summed E-state index contributed by atoms with van der Waals surface area (Å²) < 4.78 is 0. The van der Waals surface area contributed by atoms with Gasteiger partial charge in [-0.15, -0.1) is 6.58 Å². The molecule has 0 unspecified atom stereocenters. The predicted octanol–water partition coefficient (Wildman–Crippen LogP) is 0.273. The van der Waals surface area contributed by atoms with E-state index in [1.165, 1.54) is 0 Å². The van der Waals surface area contributed by atoms with Crippen molar-refractivity contribution in [2.24, 2.45) is 4.99 Å². The Kier molecular flexibility index (Phi) is 4.19. The summed E-state index contributed by atoms with van der Waals surface area (Å²) in [6, 6.07) is 0. The van der Waals surface area contributed by atoms with Crippen molar-refractivity contribution in [2.75, 3.05) is 31.7 Å². The van der Waals surface area contributed by atoms with Gasteiger partial charge in [0.2, 0.25) is 11.9 Å². The molecule has 0 aliphatic heterocycles. The zero-order valence-corrected chi connectivity index (χ0v) is 9.38. The molecule has 0 aromatic carbocycles. The largest absolute Gasteiger partial charge is 0.369 e. The van der Waals surface area contributed by atoms with Crippen LogP contribution in [0.15, 0.2) is 17.6 Å². The molecule has 0 saturated carbocycles. The first-order valence-electron chi connectivity index (χ1n) is 4.68. The van der Waals surface area contributed by atoms with E-state index >= 15 is 0 Å². The van der Waals surface area contributed by atoms with Crippen molar-refractivity contribution < 1.29 is 0 Å². The van der Waals surface area contributed by atoms with Gasteiger partial charge in [0.05, 0.1) is 6.34 Å². The van der Waals surface area contributed by atoms with Crippen molar-refractivity contribution in [3.63, 3.8) is 0 Å². The Morgan fingerprint density at radius 2 is 2.19 bits per heavy atom. The van der Waals surface area contributed by atoms with Crippen LogP contribution in [0.25, 0.3) is 0 Å². The van der Waals surface area contributed by atoms with Crippen LogP contribution in [-0.2, 0) is 0 Å². The second-order valence-corrected chi connectivity index (χ2v) is 3.19. The third-order valence-corrected chi connectivity index (χ3v) is 1.45. The SMILES string of the molecule is C=CCNc1nc(N)nc(/N=C/N(C)C)n1. The van der Waals surface area contributed by atoms with E-state index in [-0.39, 0.29) is 11.9 Å².